The summed E-state index contributed by atoms with van der Waals surface area (Å²) in [7, 11) is 0. The van der Waals surface area contributed by atoms with Gasteiger partial charge in [-0.3, -0.25) is 9.59 Å². The summed E-state index contributed by atoms with van der Waals surface area (Å²) in [4.78, 5) is 26.4. The minimum Gasteiger partial charge on any atom is -0.339 e. The van der Waals surface area contributed by atoms with Gasteiger partial charge in [-0.1, -0.05) is 0 Å². The lowest BCUT2D eigenvalue weighted by Gasteiger charge is -2.34. The van der Waals surface area contributed by atoms with E-state index in [1.54, 1.807) is 11.8 Å². The molecule has 0 aromatic rings. The van der Waals surface area contributed by atoms with Crippen LogP contribution in [0.25, 0.3) is 0 Å². The second-order valence-corrected chi connectivity index (χ2v) is 3.94. The Morgan fingerprint density at radius 3 is 2.25 bits per heavy atom. The van der Waals surface area contributed by atoms with Crippen LogP contribution in [0.15, 0.2) is 0 Å². The van der Waals surface area contributed by atoms with E-state index >= 15 is 0 Å². The largest absolute Gasteiger partial charge is 0.339 e. The van der Waals surface area contributed by atoms with Crippen LogP contribution in [0.1, 0.15) is 26.2 Å². The number of terminal acetylenes is 1. The van der Waals surface area contributed by atoms with Crippen molar-refractivity contribution in [3.8, 4) is 12.3 Å². The normalized spacial score (nSPS) is 15.8. The van der Waals surface area contributed by atoms with Crippen molar-refractivity contribution in [1.82, 2.24) is 9.80 Å². The average molecular weight is 222 g/mol. The van der Waals surface area contributed by atoms with Gasteiger partial charge < -0.3 is 9.80 Å². The lowest BCUT2D eigenvalue weighted by molar-refractivity contribution is -0.138. The summed E-state index contributed by atoms with van der Waals surface area (Å²) in [6.07, 6.45) is 7.05. The predicted octanol–water partition coefficient (Wildman–Crippen LogP) is 0.481. The van der Waals surface area contributed by atoms with Gasteiger partial charge >= 0.3 is 0 Å². The van der Waals surface area contributed by atoms with Crippen LogP contribution in [-0.4, -0.2) is 47.8 Å². The van der Waals surface area contributed by atoms with Gasteiger partial charge in [0.1, 0.15) is 0 Å². The van der Waals surface area contributed by atoms with Gasteiger partial charge in [0.2, 0.25) is 11.8 Å². The van der Waals surface area contributed by atoms with Crippen LogP contribution in [0.2, 0.25) is 0 Å². The molecule has 1 heterocycles. The highest BCUT2D eigenvalue weighted by atomic mass is 16.2. The van der Waals surface area contributed by atoms with E-state index < -0.39 is 0 Å². The van der Waals surface area contributed by atoms with E-state index in [-0.39, 0.29) is 11.8 Å². The molecule has 0 radical (unpaired) electrons. The zero-order valence-electron chi connectivity index (χ0n) is 9.74. The van der Waals surface area contributed by atoms with E-state index in [9.17, 15) is 9.59 Å². The van der Waals surface area contributed by atoms with Crippen LogP contribution in [0.4, 0.5) is 0 Å². The summed E-state index contributed by atoms with van der Waals surface area (Å²) < 4.78 is 0. The van der Waals surface area contributed by atoms with Crippen LogP contribution in [-0.2, 0) is 9.59 Å². The van der Waals surface area contributed by atoms with Crippen molar-refractivity contribution in [2.75, 3.05) is 26.2 Å². The van der Waals surface area contributed by atoms with Gasteiger partial charge in [-0.15, -0.1) is 12.3 Å². The first kappa shape index (κ1) is 12.6. The molecule has 0 aromatic heterocycles. The summed E-state index contributed by atoms with van der Waals surface area (Å²) in [6, 6.07) is 0. The summed E-state index contributed by atoms with van der Waals surface area (Å²) >= 11 is 0. The Morgan fingerprint density at radius 2 is 1.75 bits per heavy atom. The topological polar surface area (TPSA) is 40.6 Å². The first-order chi connectivity index (χ1) is 7.65. The van der Waals surface area contributed by atoms with Gasteiger partial charge in [0.05, 0.1) is 0 Å². The molecular weight excluding hydrogens is 204 g/mol. The van der Waals surface area contributed by atoms with E-state index in [1.807, 2.05) is 4.90 Å². The summed E-state index contributed by atoms with van der Waals surface area (Å²) in [5.41, 5.74) is 0. The van der Waals surface area contributed by atoms with E-state index in [0.717, 1.165) is 6.42 Å². The Labute approximate surface area is 96.6 Å². The lowest BCUT2D eigenvalue weighted by atomic mass is 10.2. The van der Waals surface area contributed by atoms with E-state index in [4.69, 9.17) is 6.42 Å². The van der Waals surface area contributed by atoms with Gasteiger partial charge in [0.15, 0.2) is 0 Å². The summed E-state index contributed by atoms with van der Waals surface area (Å²) in [6.45, 7) is 4.15. The molecule has 4 heteroatoms. The highest BCUT2D eigenvalue weighted by molar-refractivity contribution is 5.77. The summed E-state index contributed by atoms with van der Waals surface area (Å²) in [5.74, 6) is 2.76. The van der Waals surface area contributed by atoms with Gasteiger partial charge in [0.25, 0.3) is 0 Å². The highest BCUT2D eigenvalue weighted by Gasteiger charge is 2.21. The highest BCUT2D eigenvalue weighted by Crippen LogP contribution is 2.06. The second-order valence-electron chi connectivity index (χ2n) is 3.94. The molecule has 88 valence electrons. The van der Waals surface area contributed by atoms with Crippen LogP contribution in [0.5, 0.6) is 0 Å². The van der Waals surface area contributed by atoms with E-state index in [0.29, 0.717) is 39.0 Å². The van der Waals surface area contributed by atoms with Crippen molar-refractivity contribution in [3.63, 3.8) is 0 Å². The molecule has 16 heavy (non-hydrogen) atoms. The van der Waals surface area contributed by atoms with Crippen molar-refractivity contribution in [1.29, 1.82) is 0 Å². The van der Waals surface area contributed by atoms with Crippen LogP contribution >= 0.6 is 0 Å². The Balaban J connectivity index is 2.28. The van der Waals surface area contributed by atoms with Crippen LogP contribution < -0.4 is 0 Å². The minimum absolute atomic E-state index is 0.0828. The minimum atomic E-state index is 0.0828. The maximum atomic E-state index is 11.7. The van der Waals surface area contributed by atoms with Crippen molar-refractivity contribution in [2.45, 2.75) is 26.2 Å². The average Bonchev–Trinajstić information content (AvgIpc) is 2.29. The number of piperazine rings is 1. The fourth-order valence-electron chi connectivity index (χ4n) is 1.77. The molecule has 0 saturated carbocycles. The number of rotatable bonds is 3. The number of amides is 2. The number of nitrogens with zero attached hydrogens (tertiary/aromatic N) is 2. The fraction of sp³-hybridized carbons (Fsp3) is 0.667. The van der Waals surface area contributed by atoms with Crippen LogP contribution in [0.3, 0.4) is 0 Å². The van der Waals surface area contributed by atoms with Crippen molar-refractivity contribution < 1.29 is 9.59 Å². The molecule has 0 unspecified atom stereocenters. The molecule has 0 atom stereocenters. The molecule has 1 aliphatic heterocycles. The van der Waals surface area contributed by atoms with Crippen molar-refractivity contribution in [3.05, 3.63) is 0 Å². The van der Waals surface area contributed by atoms with Gasteiger partial charge in [-0.25, -0.2) is 0 Å². The van der Waals surface area contributed by atoms with Gasteiger partial charge in [0, 0.05) is 45.9 Å². The molecule has 4 nitrogen and oxygen atoms in total. The number of carbonyl (C=O) groups excluding carboxylic acids is 2. The first-order valence-electron chi connectivity index (χ1n) is 5.62. The second kappa shape index (κ2) is 6.16. The molecule has 0 spiro atoms. The maximum Gasteiger partial charge on any atom is 0.222 e. The molecule has 2 amide bonds. The smallest absolute Gasteiger partial charge is 0.222 e. The first-order valence-corrected chi connectivity index (χ1v) is 5.62. The number of carbonyl (C=O) groups is 2. The molecule has 0 aromatic carbocycles. The molecule has 1 aliphatic rings. The quantitative estimate of drug-likeness (QED) is 0.515. The Bertz CT molecular complexity index is 299. The zero-order chi connectivity index (χ0) is 12.0. The molecule has 0 N–H and O–H groups in total. The molecule has 1 rings (SSSR count). The Kier molecular flexibility index (Phi) is 4.84. The van der Waals surface area contributed by atoms with Gasteiger partial charge in [-0.2, -0.15) is 0 Å². The molecule has 0 bridgehead atoms. The lowest BCUT2D eigenvalue weighted by Crippen LogP contribution is -2.50. The molecule has 0 aliphatic carbocycles. The molecule has 1 saturated heterocycles. The van der Waals surface area contributed by atoms with E-state index in [1.165, 1.54) is 0 Å². The third kappa shape index (κ3) is 3.58. The maximum absolute atomic E-state index is 11.7. The number of hydrogen-bond acceptors (Lipinski definition) is 2. The zero-order valence-corrected chi connectivity index (χ0v) is 9.74. The fourth-order valence-corrected chi connectivity index (χ4v) is 1.77. The SMILES string of the molecule is C#CCCCC(=O)N1CCN(C(C)=O)CC1. The van der Waals surface area contributed by atoms with Crippen molar-refractivity contribution >= 4 is 11.8 Å². The van der Waals surface area contributed by atoms with Gasteiger partial charge in [-0.05, 0) is 6.42 Å². The predicted molar refractivity (Wildman–Crippen MR) is 61.5 cm³/mol. The summed E-state index contributed by atoms with van der Waals surface area (Å²) in [5, 5.41) is 0. The Hall–Kier alpha value is -1.50. The number of unbranched alkanes of at least 4 members (excludes halogenated alkanes) is 1. The van der Waals surface area contributed by atoms with E-state index in [2.05, 4.69) is 5.92 Å². The Morgan fingerprint density at radius 1 is 1.19 bits per heavy atom. The van der Waals surface area contributed by atoms with Crippen LogP contribution in [0, 0.1) is 12.3 Å². The number of hydrogen-bond donors (Lipinski definition) is 0. The molecular formula is C12H18N2O2. The van der Waals surface area contributed by atoms with Crippen molar-refractivity contribution in [2.24, 2.45) is 0 Å². The third-order valence-electron chi connectivity index (χ3n) is 2.79. The monoisotopic (exact) mass is 222 g/mol. The standard InChI is InChI=1S/C12H18N2O2/c1-3-4-5-6-12(16)14-9-7-13(8-10-14)11(2)15/h1H,4-10H2,2H3. The third-order valence-corrected chi connectivity index (χ3v) is 2.79. The molecule has 1 fully saturated rings.